The molecule has 0 atom stereocenters. The first-order chi connectivity index (χ1) is 7.20. The van der Waals surface area contributed by atoms with Gasteiger partial charge in [0, 0.05) is 5.92 Å². The van der Waals surface area contributed by atoms with Gasteiger partial charge in [0.15, 0.2) is 0 Å². The second-order valence-electron chi connectivity index (χ2n) is 3.85. The van der Waals surface area contributed by atoms with Crippen molar-refractivity contribution in [1.29, 1.82) is 0 Å². The van der Waals surface area contributed by atoms with E-state index < -0.39 is 5.97 Å². The molecule has 4 nitrogen and oxygen atoms in total. The third-order valence-corrected chi connectivity index (χ3v) is 3.61. The Bertz CT molecular complexity index is 369. The van der Waals surface area contributed by atoms with Gasteiger partial charge in [-0.15, -0.1) is 0 Å². The summed E-state index contributed by atoms with van der Waals surface area (Å²) in [7, 11) is 0. The van der Waals surface area contributed by atoms with E-state index in [0.29, 0.717) is 10.4 Å². The summed E-state index contributed by atoms with van der Waals surface area (Å²) in [6.45, 7) is 0. The average molecular weight is 274 g/mol. The fourth-order valence-corrected chi connectivity index (χ4v) is 2.69. The highest BCUT2D eigenvalue weighted by Gasteiger charge is 2.26. The number of hydrogen-bond acceptors (Lipinski definition) is 3. The summed E-state index contributed by atoms with van der Waals surface area (Å²) in [5, 5.41) is 12.7. The van der Waals surface area contributed by atoms with E-state index in [1.54, 1.807) is 0 Å². The van der Waals surface area contributed by atoms with Gasteiger partial charge in [-0.1, -0.05) is 24.4 Å². The zero-order chi connectivity index (χ0) is 10.8. The SMILES string of the molecule is O=C(O)c1onc(C2CCCCC2)c1Br. The Morgan fingerprint density at radius 1 is 1.40 bits per heavy atom. The van der Waals surface area contributed by atoms with Crippen LogP contribution in [0, 0.1) is 0 Å². The van der Waals surface area contributed by atoms with Crippen molar-refractivity contribution in [3.63, 3.8) is 0 Å². The molecule has 0 saturated heterocycles. The van der Waals surface area contributed by atoms with Crippen molar-refractivity contribution in [2.75, 3.05) is 0 Å². The Kier molecular flexibility index (Phi) is 3.09. The Morgan fingerprint density at radius 3 is 2.60 bits per heavy atom. The number of hydrogen-bond donors (Lipinski definition) is 1. The van der Waals surface area contributed by atoms with Gasteiger partial charge in [-0.25, -0.2) is 4.79 Å². The molecule has 2 rings (SSSR count). The molecule has 1 saturated carbocycles. The van der Waals surface area contributed by atoms with Gasteiger partial charge >= 0.3 is 5.97 Å². The van der Waals surface area contributed by atoms with Gasteiger partial charge in [0.2, 0.25) is 0 Å². The van der Waals surface area contributed by atoms with Crippen LogP contribution in [0.1, 0.15) is 54.3 Å². The molecule has 82 valence electrons. The predicted molar refractivity (Wildman–Crippen MR) is 57.0 cm³/mol. The van der Waals surface area contributed by atoms with Crippen LogP contribution in [0.4, 0.5) is 0 Å². The van der Waals surface area contributed by atoms with E-state index in [1.807, 2.05) is 0 Å². The lowest BCUT2D eigenvalue weighted by Gasteiger charge is -2.19. The first kappa shape index (κ1) is 10.7. The minimum atomic E-state index is -1.07. The van der Waals surface area contributed by atoms with E-state index in [4.69, 9.17) is 9.63 Å². The Hall–Kier alpha value is -0.840. The van der Waals surface area contributed by atoms with Crippen LogP contribution in [0.2, 0.25) is 0 Å². The van der Waals surface area contributed by atoms with Crippen LogP contribution < -0.4 is 0 Å². The van der Waals surface area contributed by atoms with Crippen LogP contribution in [0.5, 0.6) is 0 Å². The fraction of sp³-hybridized carbons (Fsp3) is 0.600. The highest BCUT2D eigenvalue weighted by Crippen LogP contribution is 2.36. The number of aromatic carboxylic acids is 1. The van der Waals surface area contributed by atoms with Crippen molar-refractivity contribution in [2.24, 2.45) is 0 Å². The molecule has 0 unspecified atom stereocenters. The van der Waals surface area contributed by atoms with Crippen molar-refractivity contribution in [1.82, 2.24) is 5.16 Å². The molecule has 0 aliphatic heterocycles. The standard InChI is InChI=1S/C10H12BrNO3/c11-7-8(6-4-2-1-3-5-6)12-15-9(7)10(13)14/h6H,1-5H2,(H,13,14). The van der Waals surface area contributed by atoms with Crippen LogP contribution in [-0.2, 0) is 0 Å². The lowest BCUT2D eigenvalue weighted by atomic mass is 9.87. The molecule has 0 bridgehead atoms. The summed E-state index contributed by atoms with van der Waals surface area (Å²) in [5.41, 5.74) is 0.770. The molecule has 1 aliphatic rings. The first-order valence-electron chi connectivity index (χ1n) is 5.08. The molecule has 1 aromatic rings. The molecule has 1 fully saturated rings. The number of carboxylic acids is 1. The van der Waals surface area contributed by atoms with Gasteiger partial charge in [0.25, 0.3) is 5.76 Å². The van der Waals surface area contributed by atoms with Gasteiger partial charge in [-0.05, 0) is 28.8 Å². The highest BCUT2D eigenvalue weighted by atomic mass is 79.9. The molecule has 0 spiro atoms. The van der Waals surface area contributed by atoms with E-state index in [1.165, 1.54) is 19.3 Å². The fourth-order valence-electron chi connectivity index (χ4n) is 2.05. The number of nitrogens with zero attached hydrogens (tertiary/aromatic N) is 1. The average Bonchev–Trinajstić information content (AvgIpc) is 2.61. The maximum atomic E-state index is 10.8. The molecule has 1 heterocycles. The zero-order valence-electron chi connectivity index (χ0n) is 8.20. The summed E-state index contributed by atoms with van der Waals surface area (Å²) in [6.07, 6.45) is 5.78. The molecular weight excluding hydrogens is 262 g/mol. The molecule has 0 amide bonds. The van der Waals surface area contributed by atoms with Crippen LogP contribution in [0.15, 0.2) is 9.00 Å². The van der Waals surface area contributed by atoms with Crippen LogP contribution in [0.25, 0.3) is 0 Å². The molecule has 0 aromatic carbocycles. The van der Waals surface area contributed by atoms with Gasteiger partial charge < -0.3 is 9.63 Å². The molecule has 1 aliphatic carbocycles. The van der Waals surface area contributed by atoms with Crippen LogP contribution >= 0.6 is 15.9 Å². The van der Waals surface area contributed by atoms with Crippen molar-refractivity contribution >= 4 is 21.9 Å². The Morgan fingerprint density at radius 2 is 2.07 bits per heavy atom. The molecule has 5 heteroatoms. The maximum absolute atomic E-state index is 10.8. The van der Waals surface area contributed by atoms with Gasteiger partial charge in [0.1, 0.15) is 5.69 Å². The van der Waals surface area contributed by atoms with Gasteiger partial charge in [-0.3, -0.25) is 0 Å². The maximum Gasteiger partial charge on any atom is 0.375 e. The van der Waals surface area contributed by atoms with Gasteiger partial charge in [-0.2, -0.15) is 0 Å². The van der Waals surface area contributed by atoms with Crippen molar-refractivity contribution in [3.8, 4) is 0 Å². The normalized spacial score (nSPS) is 17.9. The van der Waals surface area contributed by atoms with E-state index in [0.717, 1.165) is 18.5 Å². The smallest absolute Gasteiger partial charge is 0.375 e. The minimum absolute atomic E-state index is 0.0874. The number of carbonyl (C=O) groups is 1. The first-order valence-corrected chi connectivity index (χ1v) is 5.88. The van der Waals surface area contributed by atoms with Gasteiger partial charge in [0.05, 0.1) is 4.47 Å². The van der Waals surface area contributed by atoms with E-state index in [2.05, 4.69) is 21.1 Å². The molecule has 15 heavy (non-hydrogen) atoms. The largest absolute Gasteiger partial charge is 0.475 e. The zero-order valence-corrected chi connectivity index (χ0v) is 9.79. The highest BCUT2D eigenvalue weighted by molar-refractivity contribution is 9.10. The summed E-state index contributed by atoms with van der Waals surface area (Å²) in [4.78, 5) is 10.8. The number of halogens is 1. The van der Waals surface area contributed by atoms with E-state index >= 15 is 0 Å². The predicted octanol–water partition coefficient (Wildman–Crippen LogP) is 3.18. The second-order valence-corrected chi connectivity index (χ2v) is 4.64. The number of aromatic nitrogens is 1. The summed E-state index contributed by atoms with van der Waals surface area (Å²) >= 11 is 3.25. The van der Waals surface area contributed by atoms with Crippen LogP contribution in [0.3, 0.4) is 0 Å². The minimum Gasteiger partial charge on any atom is -0.475 e. The summed E-state index contributed by atoms with van der Waals surface area (Å²) in [6, 6.07) is 0. The number of rotatable bonds is 2. The monoisotopic (exact) mass is 273 g/mol. The van der Waals surface area contributed by atoms with Crippen molar-refractivity contribution in [3.05, 3.63) is 15.9 Å². The lowest BCUT2D eigenvalue weighted by Crippen LogP contribution is -2.05. The quantitative estimate of drug-likeness (QED) is 0.899. The molecule has 0 radical (unpaired) electrons. The molecular formula is C10H12BrNO3. The summed E-state index contributed by atoms with van der Waals surface area (Å²) < 4.78 is 5.33. The van der Waals surface area contributed by atoms with Crippen molar-refractivity contribution < 1.29 is 14.4 Å². The third kappa shape index (κ3) is 2.07. The Balaban J connectivity index is 2.24. The Labute approximate surface area is 95.8 Å². The second kappa shape index (κ2) is 4.35. The van der Waals surface area contributed by atoms with Crippen LogP contribution in [-0.4, -0.2) is 16.2 Å². The molecule has 1 aromatic heterocycles. The van der Waals surface area contributed by atoms with E-state index in [-0.39, 0.29) is 5.76 Å². The number of carboxylic acid groups (broad SMARTS) is 1. The summed E-state index contributed by atoms with van der Waals surface area (Å²) in [5.74, 6) is -0.808. The topological polar surface area (TPSA) is 63.3 Å². The van der Waals surface area contributed by atoms with E-state index in [9.17, 15) is 4.79 Å². The lowest BCUT2D eigenvalue weighted by molar-refractivity contribution is 0.0650. The molecule has 1 N–H and O–H groups in total. The van der Waals surface area contributed by atoms with Crippen molar-refractivity contribution in [2.45, 2.75) is 38.0 Å². The third-order valence-electron chi connectivity index (χ3n) is 2.85.